The van der Waals surface area contributed by atoms with Crippen molar-refractivity contribution in [2.24, 2.45) is 7.05 Å². The minimum Gasteiger partial charge on any atom is -0.448 e. The normalized spacial score (nSPS) is 14.3. The molecule has 4 aromatic rings. The van der Waals surface area contributed by atoms with Gasteiger partial charge in [-0.1, -0.05) is 36.4 Å². The van der Waals surface area contributed by atoms with Crippen LogP contribution in [0.4, 0.5) is 10.6 Å². The number of hydrogen-bond donors (Lipinski definition) is 1. The van der Waals surface area contributed by atoms with Gasteiger partial charge in [-0.3, -0.25) is 14.8 Å². The lowest BCUT2D eigenvalue weighted by Crippen LogP contribution is -2.18. The van der Waals surface area contributed by atoms with Crippen molar-refractivity contribution >= 4 is 29.3 Å². The summed E-state index contributed by atoms with van der Waals surface area (Å²) in [6.45, 7) is 2.27. The molecule has 0 saturated heterocycles. The number of fused-ring (bicyclic) bond motifs is 1. The number of aryl methyl sites for hydroxylation is 1. The van der Waals surface area contributed by atoms with Crippen LogP contribution in [0.5, 0.6) is 0 Å². The maximum Gasteiger partial charge on any atom is 0.413 e. The van der Waals surface area contributed by atoms with Crippen LogP contribution in [-0.2, 0) is 21.3 Å². The number of carbonyl (C=O) groups excluding carboxylic acids is 2. The van der Waals surface area contributed by atoms with Crippen molar-refractivity contribution in [1.29, 1.82) is 0 Å². The molecule has 1 aliphatic carbocycles. The van der Waals surface area contributed by atoms with Crippen LogP contribution in [-0.4, -0.2) is 32.9 Å². The fourth-order valence-electron chi connectivity index (χ4n) is 3.89. The molecule has 2 heterocycles. The average Bonchev–Trinajstić information content (AvgIpc) is 3.57. The van der Waals surface area contributed by atoms with Gasteiger partial charge in [0.15, 0.2) is 5.60 Å². The fourth-order valence-corrected chi connectivity index (χ4v) is 3.89. The largest absolute Gasteiger partial charge is 0.448 e. The van der Waals surface area contributed by atoms with E-state index in [1.165, 1.54) is 0 Å². The highest BCUT2D eigenvalue weighted by Gasteiger charge is 2.43. The van der Waals surface area contributed by atoms with Crippen molar-refractivity contribution < 1.29 is 19.1 Å². The Balaban J connectivity index is 1.35. The van der Waals surface area contributed by atoms with E-state index < -0.39 is 17.8 Å². The van der Waals surface area contributed by atoms with Crippen LogP contribution in [0.2, 0.25) is 0 Å². The van der Waals surface area contributed by atoms with Gasteiger partial charge < -0.3 is 9.47 Å². The Morgan fingerprint density at radius 1 is 1.17 bits per heavy atom. The first kappa shape index (κ1) is 23.1. The van der Waals surface area contributed by atoms with Crippen LogP contribution in [0.1, 0.15) is 37.1 Å². The quantitative estimate of drug-likeness (QED) is 0.308. The minimum absolute atomic E-state index is 0.397. The van der Waals surface area contributed by atoms with Gasteiger partial charge in [0.1, 0.15) is 17.6 Å². The van der Waals surface area contributed by atoms with Crippen molar-refractivity contribution in [2.75, 3.05) is 5.32 Å². The van der Waals surface area contributed by atoms with Crippen molar-refractivity contribution in [3.63, 3.8) is 0 Å². The van der Waals surface area contributed by atoms with E-state index in [0.29, 0.717) is 18.0 Å². The van der Waals surface area contributed by atoms with Crippen molar-refractivity contribution in [3.8, 4) is 23.0 Å². The summed E-state index contributed by atoms with van der Waals surface area (Å²) in [5, 5.41) is 8.07. The molecule has 1 N–H and O–H groups in total. The number of aromatic nitrogens is 3. The Morgan fingerprint density at radius 2 is 1.97 bits per heavy atom. The zero-order valence-electron chi connectivity index (χ0n) is 19.9. The molecule has 1 amide bonds. The molecular weight excluding hydrogens is 456 g/mol. The molecule has 0 spiro atoms. The van der Waals surface area contributed by atoms with Crippen molar-refractivity contribution in [1.82, 2.24) is 14.8 Å². The molecule has 1 aliphatic rings. The third-order valence-electron chi connectivity index (χ3n) is 6.11. The van der Waals surface area contributed by atoms with E-state index in [-0.39, 0.29) is 0 Å². The minimum atomic E-state index is -0.647. The van der Waals surface area contributed by atoms with Gasteiger partial charge in [0.05, 0.1) is 11.7 Å². The highest BCUT2D eigenvalue weighted by molar-refractivity contribution is 5.92. The second-order valence-electron chi connectivity index (χ2n) is 8.68. The number of nitrogens with one attached hydrogen (secondary N) is 1. The van der Waals surface area contributed by atoms with Gasteiger partial charge in [0.2, 0.25) is 0 Å². The number of amides is 1. The van der Waals surface area contributed by atoms with E-state index >= 15 is 0 Å². The Morgan fingerprint density at radius 3 is 2.72 bits per heavy atom. The molecule has 0 aliphatic heterocycles. The van der Waals surface area contributed by atoms with Crippen LogP contribution < -0.4 is 5.32 Å². The van der Waals surface area contributed by atoms with Crippen molar-refractivity contribution in [2.45, 2.75) is 31.5 Å². The summed E-state index contributed by atoms with van der Waals surface area (Å²) in [4.78, 5) is 27.9. The molecule has 180 valence electrons. The van der Waals surface area contributed by atoms with Crippen molar-refractivity contribution in [3.05, 3.63) is 78.1 Å². The lowest BCUT2D eigenvalue weighted by Gasteiger charge is -2.15. The van der Waals surface area contributed by atoms with Crippen LogP contribution in [0.15, 0.2) is 66.9 Å². The lowest BCUT2D eigenvalue weighted by atomic mass is 10.1. The number of ether oxygens (including phenoxy) is 2. The first-order valence-corrected chi connectivity index (χ1v) is 11.6. The molecule has 1 unspecified atom stereocenters. The number of rotatable bonds is 6. The van der Waals surface area contributed by atoms with Gasteiger partial charge in [-0.2, -0.15) is 5.10 Å². The smallest absolute Gasteiger partial charge is 0.413 e. The average molecular weight is 481 g/mol. The molecule has 8 nitrogen and oxygen atoms in total. The first-order valence-electron chi connectivity index (χ1n) is 11.6. The van der Waals surface area contributed by atoms with E-state index in [0.717, 1.165) is 40.4 Å². The zero-order valence-corrected chi connectivity index (χ0v) is 19.9. The van der Waals surface area contributed by atoms with Gasteiger partial charge in [0.25, 0.3) is 6.47 Å². The molecule has 2 aromatic heterocycles. The zero-order chi connectivity index (χ0) is 25.1. The summed E-state index contributed by atoms with van der Waals surface area (Å²) in [5.74, 6) is 6.55. The SMILES string of the molecule is CC(OC(=O)Nc1c(-c2ccc3nc(C#CC4(OC=O)CC4)ccc3c2)cnn1C)c1ccccc1. The number of carbonyl (C=O) groups is 2. The molecule has 0 bridgehead atoms. The number of anilines is 1. The van der Waals surface area contributed by atoms with Gasteiger partial charge in [-0.05, 0) is 54.2 Å². The van der Waals surface area contributed by atoms with Gasteiger partial charge in [0, 0.05) is 30.8 Å². The standard InChI is InChI=1S/C28H24N4O4/c1-19(20-6-4-3-5-7-20)36-27(34)31-26-24(17-29-32(26)2)21-9-11-25-22(16-21)8-10-23(30-25)12-13-28(14-15-28)35-18-33/h3-11,16-19H,14-15H2,1-2H3,(H,31,34). The summed E-state index contributed by atoms with van der Waals surface area (Å²) in [6.07, 6.45) is 2.24. The lowest BCUT2D eigenvalue weighted by molar-refractivity contribution is -0.132. The van der Waals surface area contributed by atoms with E-state index in [1.54, 1.807) is 17.9 Å². The number of hydrogen-bond acceptors (Lipinski definition) is 6. The maximum absolute atomic E-state index is 12.6. The summed E-state index contributed by atoms with van der Waals surface area (Å²) in [7, 11) is 1.76. The van der Waals surface area contributed by atoms with Crippen LogP contribution in [0.25, 0.3) is 22.0 Å². The molecule has 1 saturated carbocycles. The van der Waals surface area contributed by atoms with Crippen LogP contribution in [0, 0.1) is 11.8 Å². The number of pyridine rings is 1. The third-order valence-corrected chi connectivity index (χ3v) is 6.11. The predicted molar refractivity (Wildman–Crippen MR) is 135 cm³/mol. The molecule has 36 heavy (non-hydrogen) atoms. The molecule has 0 radical (unpaired) electrons. The Bertz CT molecular complexity index is 1500. The predicted octanol–water partition coefficient (Wildman–Crippen LogP) is 5.00. The van der Waals surface area contributed by atoms with Crippen LogP contribution in [0.3, 0.4) is 0 Å². The van der Waals surface area contributed by atoms with Gasteiger partial charge >= 0.3 is 6.09 Å². The third kappa shape index (κ3) is 4.91. The Labute approximate surface area is 208 Å². The molecule has 2 aromatic carbocycles. The van der Waals surface area contributed by atoms with Gasteiger partial charge in [-0.15, -0.1) is 0 Å². The molecule has 5 rings (SSSR count). The second kappa shape index (κ2) is 9.55. The Kier molecular flexibility index (Phi) is 6.13. The summed E-state index contributed by atoms with van der Waals surface area (Å²) < 4.78 is 12.2. The van der Waals surface area contributed by atoms with Crippen LogP contribution >= 0.6 is 0 Å². The fraction of sp³-hybridized carbons (Fsp3) is 0.214. The first-order chi connectivity index (χ1) is 17.5. The van der Waals surface area contributed by atoms with E-state index in [2.05, 4.69) is 27.2 Å². The maximum atomic E-state index is 12.6. The topological polar surface area (TPSA) is 95.3 Å². The number of nitrogens with zero attached hydrogens (tertiary/aromatic N) is 3. The molecular formula is C28H24N4O4. The highest BCUT2D eigenvalue weighted by Crippen LogP contribution is 2.38. The summed E-state index contributed by atoms with van der Waals surface area (Å²) >= 11 is 0. The Hall–Kier alpha value is -4.64. The number of benzene rings is 2. The van der Waals surface area contributed by atoms with E-state index in [4.69, 9.17) is 9.47 Å². The molecule has 1 fully saturated rings. The van der Waals surface area contributed by atoms with E-state index in [1.807, 2.05) is 67.6 Å². The highest BCUT2D eigenvalue weighted by atomic mass is 16.6. The molecule has 1 atom stereocenters. The van der Waals surface area contributed by atoms with Gasteiger partial charge in [-0.25, -0.2) is 9.78 Å². The molecule has 8 heteroatoms. The monoisotopic (exact) mass is 480 g/mol. The second-order valence-corrected chi connectivity index (χ2v) is 8.68. The van der Waals surface area contributed by atoms with E-state index in [9.17, 15) is 9.59 Å². The summed E-state index contributed by atoms with van der Waals surface area (Å²) in [6, 6.07) is 19.1. The summed E-state index contributed by atoms with van der Waals surface area (Å²) in [5.41, 5.74) is 3.28.